The minimum atomic E-state index is -0.209. The molecule has 1 aromatic rings. The predicted octanol–water partition coefficient (Wildman–Crippen LogP) is 0.148. The van der Waals surface area contributed by atoms with E-state index in [1.807, 2.05) is 4.68 Å². The van der Waals surface area contributed by atoms with Crippen LogP contribution in [0.5, 0.6) is 0 Å². The van der Waals surface area contributed by atoms with E-state index in [2.05, 4.69) is 17.2 Å². The monoisotopic (exact) mass is 167 g/mol. The first-order valence-electron chi connectivity index (χ1n) is 4.40. The van der Waals surface area contributed by atoms with Crippen LogP contribution in [0.4, 0.5) is 0 Å². The van der Waals surface area contributed by atoms with Crippen molar-refractivity contribution in [3.8, 4) is 0 Å². The third-order valence-corrected chi connectivity index (χ3v) is 2.36. The van der Waals surface area contributed by atoms with Crippen LogP contribution in [-0.4, -0.2) is 26.2 Å². The summed E-state index contributed by atoms with van der Waals surface area (Å²) in [4.78, 5) is 0. The quantitative estimate of drug-likeness (QED) is 0.647. The lowest BCUT2D eigenvalue weighted by atomic mass is 9.98. The molecule has 1 atom stereocenters. The molecule has 1 heterocycles. The van der Waals surface area contributed by atoms with Crippen LogP contribution in [0.15, 0.2) is 0 Å². The summed E-state index contributed by atoms with van der Waals surface area (Å²) in [5, 5.41) is 17.4. The summed E-state index contributed by atoms with van der Waals surface area (Å²) < 4.78 is 1.92. The van der Waals surface area contributed by atoms with Crippen LogP contribution in [0.25, 0.3) is 0 Å². The summed E-state index contributed by atoms with van der Waals surface area (Å²) in [5.74, 6) is 0. The molecule has 0 amide bonds. The van der Waals surface area contributed by atoms with Crippen molar-refractivity contribution in [2.24, 2.45) is 0 Å². The second-order valence-electron chi connectivity index (χ2n) is 3.20. The van der Waals surface area contributed by atoms with Gasteiger partial charge >= 0.3 is 0 Å². The molecule has 0 aliphatic heterocycles. The molecule has 0 radical (unpaired) electrons. The second-order valence-corrected chi connectivity index (χ2v) is 3.20. The van der Waals surface area contributed by atoms with Gasteiger partial charge in [-0.25, -0.2) is 4.68 Å². The number of aliphatic hydroxyl groups is 1. The Labute approximate surface area is 71.2 Å². The van der Waals surface area contributed by atoms with Gasteiger partial charge in [-0.15, -0.1) is 5.10 Å². The normalized spacial score (nSPS) is 22.3. The molecule has 1 unspecified atom stereocenters. The van der Waals surface area contributed by atoms with Gasteiger partial charge in [0.1, 0.15) is 0 Å². The molecule has 0 saturated carbocycles. The highest BCUT2D eigenvalue weighted by molar-refractivity contribution is 5.14. The van der Waals surface area contributed by atoms with Gasteiger partial charge in [0, 0.05) is 13.0 Å². The first-order valence-corrected chi connectivity index (χ1v) is 4.40. The maximum absolute atomic E-state index is 9.36. The summed E-state index contributed by atoms with van der Waals surface area (Å²) >= 11 is 0. The lowest BCUT2D eigenvalue weighted by Crippen LogP contribution is -2.20. The molecule has 0 saturated heterocycles. The van der Waals surface area contributed by atoms with Crippen molar-refractivity contribution in [3.05, 3.63) is 11.4 Å². The lowest BCUT2D eigenvalue weighted by molar-refractivity contribution is 0.156. The number of aromatic nitrogens is 3. The smallest absolute Gasteiger partial charge is 0.0884 e. The van der Waals surface area contributed by atoms with E-state index in [-0.39, 0.29) is 6.10 Å². The van der Waals surface area contributed by atoms with Gasteiger partial charge in [0.15, 0.2) is 0 Å². The Balaban J connectivity index is 2.32. The Kier molecular flexibility index (Phi) is 1.84. The van der Waals surface area contributed by atoms with E-state index in [1.54, 1.807) is 0 Å². The van der Waals surface area contributed by atoms with E-state index < -0.39 is 0 Å². The third-order valence-electron chi connectivity index (χ3n) is 2.36. The number of hydrogen-bond acceptors (Lipinski definition) is 3. The molecular weight excluding hydrogens is 154 g/mol. The van der Waals surface area contributed by atoms with E-state index >= 15 is 0 Å². The molecular formula is C8H13N3O. The Morgan fingerprint density at radius 1 is 1.67 bits per heavy atom. The summed E-state index contributed by atoms with van der Waals surface area (Å²) in [7, 11) is 0. The molecule has 12 heavy (non-hydrogen) atoms. The van der Waals surface area contributed by atoms with Crippen LogP contribution in [0.3, 0.4) is 0 Å². The van der Waals surface area contributed by atoms with E-state index in [4.69, 9.17) is 0 Å². The van der Waals surface area contributed by atoms with E-state index in [0.717, 1.165) is 25.1 Å². The van der Waals surface area contributed by atoms with Gasteiger partial charge in [0.2, 0.25) is 0 Å². The molecule has 66 valence electrons. The maximum atomic E-state index is 9.36. The highest BCUT2D eigenvalue weighted by Crippen LogP contribution is 2.18. The van der Waals surface area contributed by atoms with Crippen molar-refractivity contribution >= 4 is 0 Å². The molecule has 1 aliphatic carbocycles. The van der Waals surface area contributed by atoms with Crippen molar-refractivity contribution in [1.29, 1.82) is 0 Å². The number of fused-ring (bicyclic) bond motifs is 1. The number of rotatable bonds is 1. The SMILES string of the molecule is CCn1nnc2c1CCC(O)C2. The Hall–Kier alpha value is -0.900. The van der Waals surface area contributed by atoms with Gasteiger partial charge in [-0.3, -0.25) is 0 Å². The zero-order valence-electron chi connectivity index (χ0n) is 7.19. The van der Waals surface area contributed by atoms with Crippen LogP contribution in [-0.2, 0) is 19.4 Å². The number of aryl methyl sites for hydroxylation is 1. The van der Waals surface area contributed by atoms with E-state index in [9.17, 15) is 5.11 Å². The minimum absolute atomic E-state index is 0.209. The van der Waals surface area contributed by atoms with Gasteiger partial charge in [-0.1, -0.05) is 5.21 Å². The largest absolute Gasteiger partial charge is 0.393 e. The number of hydrogen-bond donors (Lipinski definition) is 1. The average Bonchev–Trinajstić information content (AvgIpc) is 2.46. The van der Waals surface area contributed by atoms with Gasteiger partial charge in [0.25, 0.3) is 0 Å². The average molecular weight is 167 g/mol. The summed E-state index contributed by atoms with van der Waals surface area (Å²) in [6, 6.07) is 0. The molecule has 0 aromatic carbocycles. The molecule has 0 bridgehead atoms. The highest BCUT2D eigenvalue weighted by Gasteiger charge is 2.21. The fourth-order valence-corrected chi connectivity index (χ4v) is 1.68. The van der Waals surface area contributed by atoms with Crippen LogP contribution in [0, 0.1) is 0 Å². The minimum Gasteiger partial charge on any atom is -0.393 e. The van der Waals surface area contributed by atoms with Gasteiger partial charge < -0.3 is 5.11 Å². The predicted molar refractivity (Wildman–Crippen MR) is 43.7 cm³/mol. The Morgan fingerprint density at radius 2 is 2.50 bits per heavy atom. The molecule has 2 rings (SSSR count). The standard InChI is InChI=1S/C8H13N3O/c1-2-11-8-4-3-6(12)5-7(8)9-10-11/h6,12H,2-5H2,1H3. The molecule has 0 fully saturated rings. The van der Waals surface area contributed by atoms with Gasteiger partial charge in [-0.2, -0.15) is 0 Å². The van der Waals surface area contributed by atoms with Crippen molar-refractivity contribution < 1.29 is 5.11 Å². The van der Waals surface area contributed by atoms with Gasteiger partial charge in [0.05, 0.1) is 17.5 Å². The first kappa shape index (κ1) is 7.73. The van der Waals surface area contributed by atoms with Crippen LogP contribution in [0.1, 0.15) is 24.7 Å². The van der Waals surface area contributed by atoms with Crippen molar-refractivity contribution in [2.45, 2.75) is 38.8 Å². The van der Waals surface area contributed by atoms with Crippen LogP contribution >= 0.6 is 0 Å². The lowest BCUT2D eigenvalue weighted by Gasteiger charge is -2.16. The first-order chi connectivity index (χ1) is 5.81. The van der Waals surface area contributed by atoms with Crippen molar-refractivity contribution in [3.63, 3.8) is 0 Å². The number of aliphatic hydroxyl groups excluding tert-OH is 1. The highest BCUT2D eigenvalue weighted by atomic mass is 16.3. The fourth-order valence-electron chi connectivity index (χ4n) is 1.68. The fraction of sp³-hybridized carbons (Fsp3) is 0.750. The summed E-state index contributed by atoms with van der Waals surface area (Å²) in [5.41, 5.74) is 2.19. The Bertz CT molecular complexity index is 282. The molecule has 1 aromatic heterocycles. The molecule has 4 heteroatoms. The Morgan fingerprint density at radius 3 is 3.25 bits per heavy atom. The molecule has 1 N–H and O–H groups in total. The van der Waals surface area contributed by atoms with Crippen molar-refractivity contribution in [1.82, 2.24) is 15.0 Å². The van der Waals surface area contributed by atoms with E-state index in [1.165, 1.54) is 5.69 Å². The zero-order valence-corrected chi connectivity index (χ0v) is 7.19. The van der Waals surface area contributed by atoms with Crippen LogP contribution in [0.2, 0.25) is 0 Å². The maximum Gasteiger partial charge on any atom is 0.0884 e. The van der Waals surface area contributed by atoms with E-state index in [0.29, 0.717) is 6.42 Å². The number of nitrogens with zero attached hydrogens (tertiary/aromatic N) is 3. The second kappa shape index (κ2) is 2.86. The summed E-state index contributed by atoms with van der Waals surface area (Å²) in [6.45, 7) is 2.93. The topological polar surface area (TPSA) is 50.9 Å². The van der Waals surface area contributed by atoms with Gasteiger partial charge in [-0.05, 0) is 19.8 Å². The molecule has 0 spiro atoms. The molecule has 4 nitrogen and oxygen atoms in total. The molecule has 1 aliphatic rings. The third kappa shape index (κ3) is 1.12. The van der Waals surface area contributed by atoms with Crippen molar-refractivity contribution in [2.75, 3.05) is 0 Å². The zero-order chi connectivity index (χ0) is 8.55. The summed E-state index contributed by atoms with van der Waals surface area (Å²) in [6.07, 6.45) is 2.23. The van der Waals surface area contributed by atoms with Crippen LogP contribution < -0.4 is 0 Å².